The van der Waals surface area contributed by atoms with Crippen molar-refractivity contribution in [3.63, 3.8) is 0 Å². The van der Waals surface area contributed by atoms with Crippen LogP contribution in [-0.2, 0) is 4.79 Å². The van der Waals surface area contributed by atoms with Gasteiger partial charge in [0, 0.05) is 11.3 Å². The molecule has 0 fully saturated rings. The van der Waals surface area contributed by atoms with E-state index in [0.717, 1.165) is 0 Å². The number of benzene rings is 1. The van der Waals surface area contributed by atoms with Gasteiger partial charge in [-0.05, 0) is 24.6 Å². The molecule has 2 rings (SSSR count). The van der Waals surface area contributed by atoms with Crippen molar-refractivity contribution in [2.24, 2.45) is 5.73 Å². The average molecular weight is 285 g/mol. The van der Waals surface area contributed by atoms with Gasteiger partial charge in [-0.3, -0.25) is 4.79 Å². The monoisotopic (exact) mass is 285 g/mol. The molecule has 108 valence electrons. The predicted molar refractivity (Wildman–Crippen MR) is 77.9 cm³/mol. The minimum absolute atomic E-state index is 0.280. The summed E-state index contributed by atoms with van der Waals surface area (Å²) in [5.74, 6) is -1.33. The van der Waals surface area contributed by atoms with Gasteiger partial charge in [-0.25, -0.2) is 9.78 Å². The Hall–Kier alpha value is -2.89. The molecule has 0 saturated carbocycles. The van der Waals surface area contributed by atoms with Gasteiger partial charge in [0.25, 0.3) is 0 Å². The van der Waals surface area contributed by atoms with Crippen LogP contribution in [0.4, 0.5) is 5.82 Å². The normalized spacial score (nSPS) is 11.7. The Morgan fingerprint density at radius 1 is 1.24 bits per heavy atom. The number of carbonyl (C=O) groups is 2. The molecule has 4 N–H and O–H groups in total. The van der Waals surface area contributed by atoms with Crippen molar-refractivity contribution in [3.8, 4) is 0 Å². The third-order valence-corrected chi connectivity index (χ3v) is 2.91. The van der Waals surface area contributed by atoms with Crippen molar-refractivity contribution < 1.29 is 14.7 Å². The fourth-order valence-corrected chi connectivity index (χ4v) is 1.97. The van der Waals surface area contributed by atoms with Gasteiger partial charge in [0.15, 0.2) is 6.04 Å². The van der Waals surface area contributed by atoms with E-state index in [1.54, 1.807) is 43.3 Å². The second-order valence-corrected chi connectivity index (χ2v) is 4.57. The van der Waals surface area contributed by atoms with E-state index in [0.29, 0.717) is 17.1 Å². The second-order valence-electron chi connectivity index (χ2n) is 4.57. The fraction of sp³-hybridized carbons (Fsp3) is 0.133. The lowest BCUT2D eigenvalue weighted by molar-refractivity contribution is -0.138. The minimum atomic E-state index is -1.04. The van der Waals surface area contributed by atoms with Crippen LogP contribution in [0.3, 0.4) is 0 Å². The molecule has 0 radical (unpaired) electrons. The van der Waals surface area contributed by atoms with E-state index >= 15 is 0 Å². The van der Waals surface area contributed by atoms with Crippen LogP contribution in [-0.4, -0.2) is 22.0 Å². The molecule has 1 aromatic carbocycles. The zero-order valence-corrected chi connectivity index (χ0v) is 11.4. The summed E-state index contributed by atoms with van der Waals surface area (Å²) in [5.41, 5.74) is 6.69. The number of rotatable bonds is 5. The van der Waals surface area contributed by atoms with Crippen LogP contribution in [0.5, 0.6) is 0 Å². The van der Waals surface area contributed by atoms with Crippen LogP contribution in [0.15, 0.2) is 42.5 Å². The van der Waals surface area contributed by atoms with Crippen LogP contribution < -0.4 is 11.1 Å². The first-order valence-electron chi connectivity index (χ1n) is 6.30. The van der Waals surface area contributed by atoms with Crippen molar-refractivity contribution in [2.45, 2.75) is 13.0 Å². The molecule has 0 spiro atoms. The number of amides is 1. The maximum absolute atomic E-state index is 11.4. The smallest absolute Gasteiger partial charge is 0.330 e. The van der Waals surface area contributed by atoms with Gasteiger partial charge in [-0.2, -0.15) is 0 Å². The Bertz CT molecular complexity index is 671. The highest BCUT2D eigenvalue weighted by atomic mass is 16.4. The molecule has 1 aromatic heterocycles. The van der Waals surface area contributed by atoms with Crippen LogP contribution in [0.25, 0.3) is 0 Å². The van der Waals surface area contributed by atoms with Crippen LogP contribution in [0.1, 0.15) is 27.7 Å². The van der Waals surface area contributed by atoms with Crippen molar-refractivity contribution in [3.05, 3.63) is 59.3 Å². The zero-order chi connectivity index (χ0) is 15.4. The molecule has 6 nitrogen and oxygen atoms in total. The summed E-state index contributed by atoms with van der Waals surface area (Å²) in [5, 5.41) is 12.2. The molecule has 2 aromatic rings. The molecule has 6 heteroatoms. The summed E-state index contributed by atoms with van der Waals surface area (Å²) in [4.78, 5) is 26.9. The van der Waals surface area contributed by atoms with E-state index in [1.807, 2.05) is 0 Å². The Morgan fingerprint density at radius 3 is 2.48 bits per heavy atom. The number of aryl methyl sites for hydroxylation is 1. The molecular weight excluding hydrogens is 270 g/mol. The third kappa shape index (κ3) is 3.56. The topological polar surface area (TPSA) is 105 Å². The first-order valence-corrected chi connectivity index (χ1v) is 6.30. The number of anilines is 1. The number of nitrogens with zero attached hydrogens (tertiary/aromatic N) is 1. The molecular formula is C15H15N3O3. The zero-order valence-electron chi connectivity index (χ0n) is 11.4. The lowest BCUT2D eigenvalue weighted by Gasteiger charge is -2.16. The molecule has 1 amide bonds. The Morgan fingerprint density at radius 2 is 1.90 bits per heavy atom. The molecule has 0 bridgehead atoms. The van der Waals surface area contributed by atoms with Crippen molar-refractivity contribution >= 4 is 17.7 Å². The van der Waals surface area contributed by atoms with E-state index < -0.39 is 17.9 Å². The quantitative estimate of drug-likeness (QED) is 0.775. The number of primary amides is 1. The number of nitrogens with two attached hydrogens (primary N) is 1. The lowest BCUT2D eigenvalue weighted by atomic mass is 10.1. The molecule has 0 aliphatic rings. The SMILES string of the molecule is Cc1cc(C(N)=O)cc(NC(C(=O)O)c2ccccc2)n1. The number of nitrogens with one attached hydrogen (secondary N) is 1. The van der Waals surface area contributed by atoms with Crippen molar-refractivity contribution in [1.82, 2.24) is 4.98 Å². The molecule has 1 unspecified atom stereocenters. The largest absolute Gasteiger partial charge is 0.479 e. The average Bonchev–Trinajstić information content (AvgIpc) is 2.44. The summed E-state index contributed by atoms with van der Waals surface area (Å²) in [6.45, 7) is 1.70. The number of aliphatic carboxylic acids is 1. The van der Waals surface area contributed by atoms with Gasteiger partial charge in [0.1, 0.15) is 5.82 Å². The number of carboxylic acid groups (broad SMARTS) is 1. The summed E-state index contributed by atoms with van der Waals surface area (Å²) < 4.78 is 0. The van der Waals surface area contributed by atoms with Gasteiger partial charge >= 0.3 is 5.97 Å². The summed E-state index contributed by atoms with van der Waals surface area (Å²) in [6.07, 6.45) is 0. The second kappa shape index (κ2) is 6.04. The number of aromatic nitrogens is 1. The summed E-state index contributed by atoms with van der Waals surface area (Å²) in [7, 11) is 0. The maximum Gasteiger partial charge on any atom is 0.330 e. The number of carbonyl (C=O) groups excluding carboxylic acids is 1. The highest BCUT2D eigenvalue weighted by Gasteiger charge is 2.20. The molecule has 1 atom stereocenters. The van der Waals surface area contributed by atoms with E-state index in [1.165, 1.54) is 6.07 Å². The Kier molecular flexibility index (Phi) is 4.18. The van der Waals surface area contributed by atoms with E-state index in [-0.39, 0.29) is 5.56 Å². The van der Waals surface area contributed by atoms with E-state index in [9.17, 15) is 14.7 Å². The van der Waals surface area contributed by atoms with Gasteiger partial charge in [0.05, 0.1) is 0 Å². The fourth-order valence-electron chi connectivity index (χ4n) is 1.97. The predicted octanol–water partition coefficient (Wildman–Crippen LogP) is 1.73. The van der Waals surface area contributed by atoms with Gasteiger partial charge in [-0.1, -0.05) is 30.3 Å². The highest BCUT2D eigenvalue weighted by molar-refractivity contribution is 5.93. The highest BCUT2D eigenvalue weighted by Crippen LogP contribution is 2.20. The van der Waals surface area contributed by atoms with Gasteiger partial charge < -0.3 is 16.2 Å². The third-order valence-electron chi connectivity index (χ3n) is 2.91. The van der Waals surface area contributed by atoms with Crippen LogP contribution >= 0.6 is 0 Å². The molecule has 0 aliphatic carbocycles. The minimum Gasteiger partial charge on any atom is -0.479 e. The van der Waals surface area contributed by atoms with Crippen molar-refractivity contribution in [1.29, 1.82) is 0 Å². The van der Waals surface area contributed by atoms with E-state index in [2.05, 4.69) is 10.3 Å². The standard InChI is InChI=1S/C15H15N3O3/c1-9-7-11(14(16)19)8-12(17-9)18-13(15(20)21)10-5-3-2-4-6-10/h2-8,13H,1H3,(H2,16,19)(H,17,18)(H,20,21). The van der Waals surface area contributed by atoms with Crippen LogP contribution in [0.2, 0.25) is 0 Å². The number of hydrogen-bond donors (Lipinski definition) is 3. The lowest BCUT2D eigenvalue weighted by Crippen LogP contribution is -2.21. The Labute approximate surface area is 121 Å². The molecule has 21 heavy (non-hydrogen) atoms. The van der Waals surface area contributed by atoms with E-state index in [4.69, 9.17) is 5.73 Å². The van der Waals surface area contributed by atoms with Gasteiger partial charge in [-0.15, -0.1) is 0 Å². The molecule has 0 saturated heterocycles. The Balaban J connectivity index is 2.34. The first kappa shape index (κ1) is 14.5. The van der Waals surface area contributed by atoms with Crippen LogP contribution in [0, 0.1) is 6.92 Å². The number of pyridine rings is 1. The van der Waals surface area contributed by atoms with Crippen molar-refractivity contribution in [2.75, 3.05) is 5.32 Å². The molecule has 0 aliphatic heterocycles. The first-order chi connectivity index (χ1) is 9.97. The maximum atomic E-state index is 11.4. The number of carboxylic acids is 1. The molecule has 1 heterocycles. The number of hydrogen-bond acceptors (Lipinski definition) is 4. The summed E-state index contributed by atoms with van der Waals surface area (Å²) >= 11 is 0. The van der Waals surface area contributed by atoms with Gasteiger partial charge in [0.2, 0.25) is 5.91 Å². The summed E-state index contributed by atoms with van der Waals surface area (Å²) in [6, 6.07) is 10.8.